The number of phenolic OH excluding ortho intramolecular Hbond substituents is 2. The van der Waals surface area contributed by atoms with Crippen LogP contribution >= 0.6 is 0 Å². The highest BCUT2D eigenvalue weighted by Gasteiger charge is 2.29. The molecule has 0 aromatic heterocycles. The summed E-state index contributed by atoms with van der Waals surface area (Å²) < 4.78 is 12.4. The number of rotatable bonds is 6. The summed E-state index contributed by atoms with van der Waals surface area (Å²) in [5.41, 5.74) is 5.05. The lowest BCUT2D eigenvalue weighted by molar-refractivity contribution is 0.233. The Bertz CT molecular complexity index is 1180. The lowest BCUT2D eigenvalue weighted by atomic mass is 9.86. The number of hydrogen-bond acceptors (Lipinski definition) is 5. The molecule has 0 spiro atoms. The van der Waals surface area contributed by atoms with Crippen LogP contribution in [0.3, 0.4) is 0 Å². The smallest absolute Gasteiger partial charge is 0.150 e. The van der Waals surface area contributed by atoms with Crippen molar-refractivity contribution in [2.24, 2.45) is 5.92 Å². The Morgan fingerprint density at radius 1 is 0.971 bits per heavy atom. The molecule has 0 aliphatic carbocycles. The molecule has 1 unspecified atom stereocenters. The second-order valence-corrected chi connectivity index (χ2v) is 9.38. The number of nitrogens with zero attached hydrogens (tertiary/aromatic N) is 1. The van der Waals surface area contributed by atoms with Gasteiger partial charge in [0.05, 0.1) is 0 Å². The first kappa shape index (κ1) is 22.4. The quantitative estimate of drug-likeness (QED) is 0.484. The summed E-state index contributed by atoms with van der Waals surface area (Å²) in [6.07, 6.45) is 0.923. The first-order valence-electron chi connectivity index (χ1n) is 11.9. The standard InChI is InChI=1S/C29H31NO4/c1-19-13-14-30(18-19)15-16-33-25-10-5-22(6-11-25)29-28(21-3-7-23(31)8-4-21)20(2)26-12-9-24(32)17-27(26)34-29/h3-12,17,19,29,31-32H,13-16,18H2,1-2H3/t19-,29?/m1/s1. The van der Waals surface area contributed by atoms with E-state index in [0.29, 0.717) is 12.4 Å². The molecule has 5 nitrogen and oxygen atoms in total. The van der Waals surface area contributed by atoms with E-state index in [1.54, 1.807) is 24.3 Å². The number of fused-ring (bicyclic) bond motifs is 1. The van der Waals surface area contributed by atoms with E-state index in [0.717, 1.165) is 59.1 Å². The Kier molecular flexibility index (Phi) is 6.20. The predicted octanol–water partition coefficient (Wildman–Crippen LogP) is 5.88. The van der Waals surface area contributed by atoms with Crippen LogP contribution in [-0.2, 0) is 0 Å². The first-order chi connectivity index (χ1) is 16.5. The van der Waals surface area contributed by atoms with Crippen LogP contribution in [-0.4, -0.2) is 41.4 Å². The van der Waals surface area contributed by atoms with Crippen molar-refractivity contribution < 1.29 is 19.7 Å². The Balaban J connectivity index is 1.39. The SMILES string of the molecule is CC1=C(c2ccc(O)cc2)C(c2ccc(OCCN3CC[C@@H](C)C3)cc2)Oc2cc(O)ccc21. The Morgan fingerprint density at radius 2 is 1.71 bits per heavy atom. The van der Waals surface area contributed by atoms with Gasteiger partial charge in [-0.25, -0.2) is 0 Å². The number of benzene rings is 3. The highest BCUT2D eigenvalue weighted by atomic mass is 16.5. The van der Waals surface area contributed by atoms with Gasteiger partial charge in [0.2, 0.25) is 0 Å². The highest BCUT2D eigenvalue weighted by Crippen LogP contribution is 2.47. The summed E-state index contributed by atoms with van der Waals surface area (Å²) in [5, 5.41) is 19.8. The van der Waals surface area contributed by atoms with Crippen molar-refractivity contribution in [1.29, 1.82) is 0 Å². The normalized spacial score (nSPS) is 20.2. The molecule has 2 aliphatic rings. The second kappa shape index (κ2) is 9.43. The van der Waals surface area contributed by atoms with Crippen molar-refractivity contribution >= 4 is 11.1 Å². The average Bonchev–Trinajstić information content (AvgIpc) is 3.25. The summed E-state index contributed by atoms with van der Waals surface area (Å²) in [4.78, 5) is 2.46. The van der Waals surface area contributed by atoms with Crippen molar-refractivity contribution in [1.82, 2.24) is 4.90 Å². The van der Waals surface area contributed by atoms with E-state index in [2.05, 4.69) is 18.7 Å². The minimum absolute atomic E-state index is 0.175. The summed E-state index contributed by atoms with van der Waals surface area (Å²) in [7, 11) is 0. The molecule has 0 bridgehead atoms. The van der Waals surface area contributed by atoms with Gasteiger partial charge in [0, 0.05) is 30.3 Å². The van der Waals surface area contributed by atoms with Gasteiger partial charge >= 0.3 is 0 Å². The van der Waals surface area contributed by atoms with Crippen LogP contribution < -0.4 is 9.47 Å². The molecule has 2 heterocycles. The van der Waals surface area contributed by atoms with Crippen molar-refractivity contribution in [3.63, 3.8) is 0 Å². The predicted molar refractivity (Wildman–Crippen MR) is 134 cm³/mol. The maximum absolute atomic E-state index is 10.0. The Labute approximate surface area is 200 Å². The zero-order valence-corrected chi connectivity index (χ0v) is 19.7. The van der Waals surface area contributed by atoms with Crippen LogP contribution in [0.25, 0.3) is 11.1 Å². The lowest BCUT2D eigenvalue weighted by Gasteiger charge is -2.31. The minimum atomic E-state index is -0.348. The van der Waals surface area contributed by atoms with Crippen molar-refractivity contribution in [3.05, 3.63) is 83.4 Å². The lowest BCUT2D eigenvalue weighted by Crippen LogP contribution is -2.25. The van der Waals surface area contributed by atoms with Crippen molar-refractivity contribution in [2.45, 2.75) is 26.4 Å². The van der Waals surface area contributed by atoms with E-state index < -0.39 is 0 Å². The van der Waals surface area contributed by atoms with E-state index in [9.17, 15) is 10.2 Å². The van der Waals surface area contributed by atoms with Gasteiger partial charge in [-0.05, 0) is 78.9 Å². The molecule has 2 aliphatic heterocycles. The van der Waals surface area contributed by atoms with Crippen LogP contribution in [0.2, 0.25) is 0 Å². The Hall–Kier alpha value is -3.44. The number of hydrogen-bond donors (Lipinski definition) is 2. The summed E-state index contributed by atoms with van der Waals surface area (Å²) in [6, 6.07) is 20.5. The molecule has 5 rings (SSSR count). The molecule has 5 heteroatoms. The molecule has 1 fully saturated rings. The van der Waals surface area contributed by atoms with Gasteiger partial charge in [-0.3, -0.25) is 4.90 Å². The summed E-state index contributed by atoms with van der Waals surface area (Å²) in [5.74, 6) is 2.68. The fourth-order valence-electron chi connectivity index (χ4n) is 4.95. The number of allylic oxidation sites excluding steroid dienone is 1. The average molecular weight is 458 g/mol. The number of aromatic hydroxyl groups is 2. The van der Waals surface area contributed by atoms with Crippen LogP contribution in [0.4, 0.5) is 0 Å². The van der Waals surface area contributed by atoms with Crippen LogP contribution in [0, 0.1) is 5.92 Å². The molecule has 3 aromatic rings. The molecule has 1 saturated heterocycles. The molecule has 0 amide bonds. The summed E-state index contributed by atoms with van der Waals surface area (Å²) >= 11 is 0. The molecule has 2 atom stereocenters. The molecule has 176 valence electrons. The number of likely N-dealkylation sites (tertiary alicyclic amines) is 1. The van der Waals surface area contributed by atoms with E-state index in [-0.39, 0.29) is 17.6 Å². The molecule has 2 N–H and O–H groups in total. The van der Waals surface area contributed by atoms with Gasteiger partial charge in [0.15, 0.2) is 0 Å². The van der Waals surface area contributed by atoms with E-state index in [4.69, 9.17) is 9.47 Å². The van der Waals surface area contributed by atoms with E-state index >= 15 is 0 Å². The third-order valence-corrected chi connectivity index (χ3v) is 6.83. The fourth-order valence-corrected chi connectivity index (χ4v) is 4.95. The van der Waals surface area contributed by atoms with Crippen molar-refractivity contribution in [3.8, 4) is 23.0 Å². The molecule has 0 saturated carbocycles. The number of phenols is 2. The zero-order valence-electron chi connectivity index (χ0n) is 19.7. The molecule has 34 heavy (non-hydrogen) atoms. The van der Waals surface area contributed by atoms with Crippen LogP contribution in [0.15, 0.2) is 66.7 Å². The maximum atomic E-state index is 10.0. The molecular weight excluding hydrogens is 426 g/mol. The first-order valence-corrected chi connectivity index (χ1v) is 11.9. The summed E-state index contributed by atoms with van der Waals surface area (Å²) in [6.45, 7) is 8.32. The molecular formula is C29H31NO4. The van der Waals surface area contributed by atoms with Gasteiger partial charge in [-0.1, -0.05) is 31.2 Å². The van der Waals surface area contributed by atoms with E-state index in [1.807, 2.05) is 42.5 Å². The van der Waals surface area contributed by atoms with Gasteiger partial charge in [0.25, 0.3) is 0 Å². The topological polar surface area (TPSA) is 62.2 Å². The third kappa shape index (κ3) is 4.62. The van der Waals surface area contributed by atoms with Gasteiger partial charge in [-0.15, -0.1) is 0 Å². The van der Waals surface area contributed by atoms with Gasteiger partial charge < -0.3 is 19.7 Å². The molecule has 3 aromatic carbocycles. The maximum Gasteiger partial charge on any atom is 0.150 e. The van der Waals surface area contributed by atoms with Gasteiger partial charge in [0.1, 0.15) is 35.7 Å². The van der Waals surface area contributed by atoms with Crippen molar-refractivity contribution in [2.75, 3.05) is 26.2 Å². The monoisotopic (exact) mass is 457 g/mol. The fraction of sp³-hybridized carbons (Fsp3) is 0.310. The minimum Gasteiger partial charge on any atom is -0.508 e. The third-order valence-electron chi connectivity index (χ3n) is 6.83. The van der Waals surface area contributed by atoms with Crippen LogP contribution in [0.5, 0.6) is 23.0 Å². The van der Waals surface area contributed by atoms with Crippen LogP contribution in [0.1, 0.15) is 43.1 Å². The van der Waals surface area contributed by atoms with E-state index in [1.165, 1.54) is 6.42 Å². The largest absolute Gasteiger partial charge is 0.508 e. The number of ether oxygens (including phenoxy) is 2. The van der Waals surface area contributed by atoms with Gasteiger partial charge in [-0.2, -0.15) is 0 Å². The highest BCUT2D eigenvalue weighted by molar-refractivity contribution is 5.95. The Morgan fingerprint density at radius 3 is 2.41 bits per heavy atom. The molecule has 0 radical (unpaired) electrons. The zero-order chi connectivity index (χ0) is 23.7. The second-order valence-electron chi connectivity index (χ2n) is 9.38.